The van der Waals surface area contributed by atoms with E-state index in [0.717, 1.165) is 0 Å². The normalized spacial score (nSPS) is 18.7. The smallest absolute Gasteiger partial charge is 0.275 e. The number of aromatic nitrogens is 2. The van der Waals surface area contributed by atoms with Gasteiger partial charge in [0.05, 0.1) is 12.4 Å². The van der Waals surface area contributed by atoms with Crippen LogP contribution in [0.5, 0.6) is 0 Å². The van der Waals surface area contributed by atoms with Crippen LogP contribution in [0, 0.1) is 0 Å². The van der Waals surface area contributed by atoms with Crippen LogP contribution in [-0.4, -0.2) is 51.7 Å². The molecule has 0 aliphatic carbocycles. The highest BCUT2D eigenvalue weighted by Gasteiger charge is 2.34. The van der Waals surface area contributed by atoms with Gasteiger partial charge in [-0.15, -0.1) is 0 Å². The van der Waals surface area contributed by atoms with Gasteiger partial charge in [-0.2, -0.15) is 0 Å². The summed E-state index contributed by atoms with van der Waals surface area (Å²) in [5, 5.41) is 5.12. The molecule has 1 aliphatic rings. The zero-order valence-corrected chi connectivity index (χ0v) is 11.2. The average molecular weight is 277 g/mol. The molecule has 2 heterocycles. The molecule has 0 bridgehead atoms. The molecule has 8 heteroatoms. The second kappa shape index (κ2) is 5.64. The maximum atomic E-state index is 12.3. The van der Waals surface area contributed by atoms with Gasteiger partial charge in [0.2, 0.25) is 11.8 Å². The van der Waals surface area contributed by atoms with E-state index in [4.69, 9.17) is 0 Å². The van der Waals surface area contributed by atoms with E-state index in [1.807, 2.05) is 6.92 Å². The molecule has 3 amide bonds. The highest BCUT2D eigenvalue weighted by Crippen LogP contribution is 2.11. The number of nitrogens with one attached hydrogen (secondary N) is 2. The molecule has 1 saturated heterocycles. The van der Waals surface area contributed by atoms with Crippen LogP contribution in [0.25, 0.3) is 0 Å². The topological polar surface area (TPSA) is 104 Å². The first-order chi connectivity index (χ1) is 9.52. The predicted octanol–water partition coefficient (Wildman–Crippen LogP) is -0.604. The molecule has 0 spiro atoms. The predicted molar refractivity (Wildman–Crippen MR) is 69.8 cm³/mol. The van der Waals surface area contributed by atoms with Gasteiger partial charge in [0.15, 0.2) is 0 Å². The van der Waals surface area contributed by atoms with Crippen LogP contribution in [-0.2, 0) is 9.59 Å². The number of piperazine rings is 1. The van der Waals surface area contributed by atoms with E-state index in [0.29, 0.717) is 12.4 Å². The molecule has 106 valence electrons. The molecule has 20 heavy (non-hydrogen) atoms. The lowest BCUT2D eigenvalue weighted by molar-refractivity contribution is -0.138. The minimum Gasteiger partial charge on any atom is -0.369 e. The largest absolute Gasteiger partial charge is 0.369 e. The quantitative estimate of drug-likeness (QED) is 0.715. The third kappa shape index (κ3) is 2.73. The summed E-state index contributed by atoms with van der Waals surface area (Å²) in [4.78, 5) is 44.4. The maximum Gasteiger partial charge on any atom is 0.275 e. The van der Waals surface area contributed by atoms with Crippen molar-refractivity contribution in [2.75, 3.05) is 18.4 Å². The minimum absolute atomic E-state index is 0.0952. The minimum atomic E-state index is -0.718. The zero-order chi connectivity index (χ0) is 14.7. The van der Waals surface area contributed by atoms with E-state index in [1.165, 1.54) is 17.3 Å². The Morgan fingerprint density at radius 2 is 2.25 bits per heavy atom. The average Bonchev–Trinajstić information content (AvgIpc) is 2.43. The molecule has 2 rings (SSSR count). The molecule has 1 fully saturated rings. The van der Waals surface area contributed by atoms with Gasteiger partial charge in [-0.25, -0.2) is 4.98 Å². The number of amides is 3. The molecule has 0 aromatic carbocycles. The van der Waals surface area contributed by atoms with Crippen molar-refractivity contribution < 1.29 is 14.4 Å². The standard InChI is InChI=1S/C12H15N5O3/c1-3-14-9-5-13-4-8(15-9)12(20)17-6-10(18)16-11(19)7(17)2/h4-5,7H,3,6H2,1-2H3,(H,14,15)(H,16,18,19). The van der Waals surface area contributed by atoms with Gasteiger partial charge < -0.3 is 10.2 Å². The third-order valence-corrected chi connectivity index (χ3v) is 2.90. The zero-order valence-electron chi connectivity index (χ0n) is 11.2. The van der Waals surface area contributed by atoms with Crippen LogP contribution in [0.1, 0.15) is 24.3 Å². The molecule has 1 atom stereocenters. The summed E-state index contributed by atoms with van der Waals surface area (Å²) < 4.78 is 0. The van der Waals surface area contributed by atoms with Crippen molar-refractivity contribution in [3.05, 3.63) is 18.1 Å². The van der Waals surface area contributed by atoms with Gasteiger partial charge >= 0.3 is 0 Å². The number of hydrogen-bond acceptors (Lipinski definition) is 6. The first-order valence-electron chi connectivity index (χ1n) is 6.23. The molecule has 8 nitrogen and oxygen atoms in total. The van der Waals surface area contributed by atoms with Crippen LogP contribution in [0.15, 0.2) is 12.4 Å². The van der Waals surface area contributed by atoms with E-state index in [1.54, 1.807) is 6.92 Å². The number of nitrogens with zero attached hydrogens (tertiary/aromatic N) is 3. The molecule has 1 aromatic rings. The van der Waals surface area contributed by atoms with Crippen LogP contribution in [0.2, 0.25) is 0 Å². The van der Waals surface area contributed by atoms with Crippen molar-refractivity contribution in [3.8, 4) is 0 Å². The lowest BCUT2D eigenvalue weighted by Gasteiger charge is -2.31. The lowest BCUT2D eigenvalue weighted by Crippen LogP contribution is -2.58. The fourth-order valence-electron chi connectivity index (χ4n) is 1.84. The van der Waals surface area contributed by atoms with Crippen molar-refractivity contribution in [2.24, 2.45) is 0 Å². The van der Waals surface area contributed by atoms with Crippen molar-refractivity contribution in [2.45, 2.75) is 19.9 Å². The number of anilines is 1. The summed E-state index contributed by atoms with van der Waals surface area (Å²) in [6.07, 6.45) is 2.81. The van der Waals surface area contributed by atoms with Crippen LogP contribution in [0.3, 0.4) is 0 Å². The summed E-state index contributed by atoms with van der Waals surface area (Å²) in [7, 11) is 0. The first kappa shape index (κ1) is 13.9. The second-order valence-corrected chi connectivity index (χ2v) is 4.34. The van der Waals surface area contributed by atoms with E-state index >= 15 is 0 Å². The Morgan fingerprint density at radius 1 is 1.50 bits per heavy atom. The molecule has 1 unspecified atom stereocenters. The summed E-state index contributed by atoms with van der Waals surface area (Å²) in [6.45, 7) is 3.93. The molecule has 1 aliphatic heterocycles. The highest BCUT2D eigenvalue weighted by atomic mass is 16.2. The molecule has 2 N–H and O–H groups in total. The Kier molecular flexibility index (Phi) is 3.92. The molecular formula is C12H15N5O3. The fraction of sp³-hybridized carbons (Fsp3) is 0.417. The number of carbonyl (C=O) groups excluding carboxylic acids is 3. The highest BCUT2D eigenvalue weighted by molar-refractivity contribution is 6.06. The van der Waals surface area contributed by atoms with Crippen LogP contribution < -0.4 is 10.6 Å². The summed E-state index contributed by atoms with van der Waals surface area (Å²) in [6, 6.07) is -0.718. The van der Waals surface area contributed by atoms with E-state index in [9.17, 15) is 14.4 Å². The monoisotopic (exact) mass is 277 g/mol. The fourth-order valence-corrected chi connectivity index (χ4v) is 1.84. The maximum absolute atomic E-state index is 12.3. The number of hydrogen-bond donors (Lipinski definition) is 2. The van der Waals surface area contributed by atoms with Crippen molar-refractivity contribution >= 4 is 23.5 Å². The Bertz CT molecular complexity index is 560. The van der Waals surface area contributed by atoms with E-state index in [-0.39, 0.29) is 12.2 Å². The van der Waals surface area contributed by atoms with Gasteiger partial charge in [0, 0.05) is 6.54 Å². The second-order valence-electron chi connectivity index (χ2n) is 4.34. The van der Waals surface area contributed by atoms with Crippen LogP contribution in [0.4, 0.5) is 5.82 Å². The summed E-state index contributed by atoms with van der Waals surface area (Å²) >= 11 is 0. The van der Waals surface area contributed by atoms with E-state index in [2.05, 4.69) is 20.6 Å². The molecular weight excluding hydrogens is 262 g/mol. The van der Waals surface area contributed by atoms with Gasteiger partial charge in [0.1, 0.15) is 24.1 Å². The lowest BCUT2D eigenvalue weighted by atomic mass is 10.2. The number of rotatable bonds is 3. The van der Waals surface area contributed by atoms with Crippen molar-refractivity contribution in [1.29, 1.82) is 0 Å². The number of carbonyl (C=O) groups is 3. The Labute approximate surface area is 115 Å². The Balaban J connectivity index is 2.23. The number of imide groups is 1. The van der Waals surface area contributed by atoms with Gasteiger partial charge in [-0.1, -0.05) is 0 Å². The first-order valence-corrected chi connectivity index (χ1v) is 6.23. The van der Waals surface area contributed by atoms with Crippen molar-refractivity contribution in [1.82, 2.24) is 20.2 Å². The Morgan fingerprint density at radius 3 is 2.95 bits per heavy atom. The van der Waals surface area contributed by atoms with Gasteiger partial charge in [-0.05, 0) is 13.8 Å². The molecule has 0 saturated carbocycles. The Hall–Kier alpha value is -2.51. The van der Waals surface area contributed by atoms with Crippen LogP contribution >= 0.6 is 0 Å². The summed E-state index contributed by atoms with van der Waals surface area (Å²) in [5.41, 5.74) is 0.0952. The molecule has 0 radical (unpaired) electrons. The van der Waals surface area contributed by atoms with Crippen molar-refractivity contribution in [3.63, 3.8) is 0 Å². The van der Waals surface area contributed by atoms with Gasteiger partial charge in [-0.3, -0.25) is 24.7 Å². The SMILES string of the molecule is CCNc1cncc(C(=O)N2CC(=O)NC(=O)C2C)n1. The third-order valence-electron chi connectivity index (χ3n) is 2.90. The molecule has 1 aromatic heterocycles. The van der Waals surface area contributed by atoms with E-state index < -0.39 is 23.8 Å². The summed E-state index contributed by atoms with van der Waals surface area (Å²) in [5.74, 6) is -1.02. The van der Waals surface area contributed by atoms with Gasteiger partial charge in [0.25, 0.3) is 5.91 Å².